The molecule has 1 aromatic rings. The summed E-state index contributed by atoms with van der Waals surface area (Å²) in [6.45, 7) is 6.15. The molecule has 0 amide bonds. The van der Waals surface area contributed by atoms with Crippen LogP contribution in [0.1, 0.15) is 27.7 Å². The summed E-state index contributed by atoms with van der Waals surface area (Å²) in [6.07, 6.45) is 3.75. The summed E-state index contributed by atoms with van der Waals surface area (Å²) in [5.74, 6) is 0. The summed E-state index contributed by atoms with van der Waals surface area (Å²) in [5, 5.41) is 43.3. The smallest absolute Gasteiger partial charge is 1.00 e. The first-order valence-corrected chi connectivity index (χ1v) is 6.11. The number of halogens is 1. The van der Waals surface area contributed by atoms with E-state index in [2.05, 4.69) is 25.6 Å². The second-order valence-corrected chi connectivity index (χ2v) is 3.82. The van der Waals surface area contributed by atoms with Crippen LogP contribution in [0, 0.1) is 0 Å². The van der Waals surface area contributed by atoms with Crippen molar-refractivity contribution < 1.29 is 55.0 Å². The van der Waals surface area contributed by atoms with Gasteiger partial charge in [0.2, 0.25) is 0 Å². The Morgan fingerprint density at radius 2 is 0.875 bits per heavy atom. The monoisotopic (exact) mass is 406 g/mol. The first-order chi connectivity index (χ1) is 10.4. The predicted octanol–water partition coefficient (Wildman–Crippen LogP) is -1.12. The largest absolute Gasteiger partial charge is 3.00 e. The fourth-order valence-corrected chi connectivity index (χ4v) is 0.631. The maximum absolute atomic E-state index is 8.03. The van der Waals surface area contributed by atoms with Crippen molar-refractivity contribution in [2.75, 3.05) is 0 Å². The Bertz CT molecular complexity index is 434. The molecule has 0 bridgehead atoms. The van der Waals surface area contributed by atoms with Gasteiger partial charge in [-0.1, -0.05) is 26.7 Å². The van der Waals surface area contributed by atoms with Gasteiger partial charge in [-0.15, -0.1) is 0 Å². The average Bonchev–Trinajstić information content (AvgIpc) is 2.61. The van der Waals surface area contributed by atoms with Gasteiger partial charge in [0, 0.05) is 12.1 Å². The molecular weight excluding hydrogens is 385 g/mol. The topological polar surface area (TPSA) is 144 Å². The van der Waals surface area contributed by atoms with E-state index < -0.39 is 0 Å². The molecule has 0 aliphatic carbocycles. The Kier molecular flexibility index (Phi) is 25.9. The van der Waals surface area contributed by atoms with Crippen LogP contribution in [0.5, 0.6) is 0 Å². The van der Waals surface area contributed by atoms with Gasteiger partial charge in [0.15, 0.2) is 12.4 Å². The van der Waals surface area contributed by atoms with E-state index in [1.807, 2.05) is 30.6 Å². The second kappa shape index (κ2) is 20.8. The van der Waals surface area contributed by atoms with Crippen molar-refractivity contribution in [2.24, 2.45) is 20.6 Å². The average molecular weight is 407 g/mol. The van der Waals surface area contributed by atoms with Crippen molar-refractivity contribution in [1.82, 2.24) is 0 Å². The van der Waals surface area contributed by atoms with Crippen LogP contribution in [0.15, 0.2) is 51.2 Å². The van der Waals surface area contributed by atoms with E-state index in [4.69, 9.17) is 20.8 Å². The zero-order valence-electron chi connectivity index (χ0n) is 13.7. The molecule has 1 heterocycles. The molecule has 0 radical (unpaired) electrons. The van der Waals surface area contributed by atoms with Gasteiger partial charge in [-0.05, 0) is 27.7 Å². The van der Waals surface area contributed by atoms with E-state index in [-0.39, 0.29) is 29.2 Å². The first-order valence-electron chi connectivity index (χ1n) is 6.11. The minimum absolute atomic E-state index is 0. The Morgan fingerprint density at radius 3 is 0.958 bits per heavy atom. The Morgan fingerprint density at radius 1 is 0.625 bits per heavy atom. The minimum Gasteiger partial charge on any atom is -1.00 e. The van der Waals surface area contributed by atoms with E-state index in [1.165, 1.54) is 27.7 Å². The molecule has 0 saturated carbocycles. The van der Waals surface area contributed by atoms with Crippen molar-refractivity contribution >= 4 is 22.8 Å². The molecule has 5 N–H and O–H groups in total. The molecule has 0 aliphatic heterocycles. The van der Waals surface area contributed by atoms with Gasteiger partial charge < -0.3 is 33.2 Å². The summed E-state index contributed by atoms with van der Waals surface area (Å²) in [7, 11) is 0. The van der Waals surface area contributed by atoms with E-state index in [0.717, 1.165) is 0 Å². The van der Waals surface area contributed by atoms with Crippen molar-refractivity contribution in [3.8, 4) is 0 Å². The summed E-state index contributed by atoms with van der Waals surface area (Å²) < 4.78 is 0. The molecule has 0 aromatic carbocycles. The zero-order valence-corrected chi connectivity index (χ0v) is 15.5. The molecule has 9 nitrogen and oxygen atoms in total. The summed E-state index contributed by atoms with van der Waals surface area (Å²) in [5.41, 5.74) is 1.25. The SMILES string of the molecule is CC(=NO)C(C)=NO.CC(=NO)C(C)=NO.[Cl-].[Co+3].c1cc[nH+]cc1. The molecule has 0 spiro atoms. The normalized spacial score (nSPS) is 11.5. The van der Waals surface area contributed by atoms with Crippen molar-refractivity contribution in [3.05, 3.63) is 30.6 Å². The Labute approximate surface area is 157 Å². The quantitative estimate of drug-likeness (QED) is 0.280. The summed E-state index contributed by atoms with van der Waals surface area (Å²) in [4.78, 5) is 2.89. The van der Waals surface area contributed by atoms with Gasteiger partial charge in [-0.2, -0.15) is 0 Å². The molecule has 0 saturated heterocycles. The number of aromatic amines is 1. The van der Waals surface area contributed by atoms with Crippen molar-refractivity contribution in [3.63, 3.8) is 0 Å². The number of pyridine rings is 1. The first kappa shape index (κ1) is 29.8. The van der Waals surface area contributed by atoms with Gasteiger partial charge in [-0.25, -0.2) is 4.98 Å². The molecule has 0 fully saturated rings. The number of rotatable bonds is 2. The molecule has 24 heavy (non-hydrogen) atoms. The van der Waals surface area contributed by atoms with Crippen LogP contribution in [0.25, 0.3) is 0 Å². The minimum atomic E-state index is 0. The standard InChI is InChI=1S/C5H5N.2C4H8N2O2.ClH.Co/c1-2-4-6-5-3-1;2*1-3(5-7)4(2)6-8;;/h1-5H;2*7-8H,1-2H3;1H;/q;;;;+3. The molecule has 0 atom stereocenters. The predicted molar refractivity (Wildman–Crippen MR) is 82.6 cm³/mol. The number of hydrogen-bond donors (Lipinski definition) is 4. The maximum Gasteiger partial charge on any atom is 3.00 e. The third kappa shape index (κ3) is 17.9. The van der Waals surface area contributed by atoms with E-state index in [1.54, 1.807) is 0 Å². The number of hydrogen-bond acceptors (Lipinski definition) is 8. The van der Waals surface area contributed by atoms with Crippen molar-refractivity contribution in [2.45, 2.75) is 27.7 Å². The number of nitrogens with one attached hydrogen (secondary N) is 1. The molecule has 1 aromatic heterocycles. The van der Waals surface area contributed by atoms with Gasteiger partial charge in [0.1, 0.15) is 22.8 Å². The molecule has 0 aliphatic rings. The molecular formula is C13H22ClCoN5O4+3. The van der Waals surface area contributed by atoms with E-state index in [9.17, 15) is 0 Å². The fraction of sp³-hybridized carbons (Fsp3) is 0.308. The van der Waals surface area contributed by atoms with Crippen LogP contribution in [0.4, 0.5) is 0 Å². The summed E-state index contributed by atoms with van der Waals surface area (Å²) >= 11 is 0. The molecule has 136 valence electrons. The molecule has 11 heteroatoms. The molecule has 1 rings (SSSR count). The van der Waals surface area contributed by atoms with Crippen LogP contribution in [0.3, 0.4) is 0 Å². The Balaban J connectivity index is -0.000000121. The zero-order chi connectivity index (χ0) is 17.4. The number of oxime groups is 4. The number of nitrogens with zero attached hydrogens (tertiary/aromatic N) is 4. The third-order valence-electron chi connectivity index (χ3n) is 2.25. The number of aromatic nitrogens is 1. The van der Waals surface area contributed by atoms with Crippen LogP contribution < -0.4 is 17.4 Å². The molecule has 0 unspecified atom stereocenters. The maximum atomic E-state index is 8.03. The third-order valence-corrected chi connectivity index (χ3v) is 2.25. The van der Waals surface area contributed by atoms with Crippen molar-refractivity contribution in [1.29, 1.82) is 0 Å². The van der Waals surface area contributed by atoms with E-state index in [0.29, 0.717) is 22.8 Å². The van der Waals surface area contributed by atoms with Crippen LogP contribution in [0.2, 0.25) is 0 Å². The van der Waals surface area contributed by atoms with Gasteiger partial charge in [-0.3, -0.25) is 0 Å². The van der Waals surface area contributed by atoms with Crippen LogP contribution >= 0.6 is 0 Å². The van der Waals surface area contributed by atoms with Crippen LogP contribution in [-0.2, 0) is 16.8 Å². The number of H-pyrrole nitrogens is 1. The Hall–Kier alpha value is -2.17. The van der Waals surface area contributed by atoms with Crippen LogP contribution in [-0.4, -0.2) is 43.7 Å². The van der Waals surface area contributed by atoms with E-state index >= 15 is 0 Å². The summed E-state index contributed by atoms with van der Waals surface area (Å²) in [6, 6.07) is 5.86. The van der Waals surface area contributed by atoms with Gasteiger partial charge in [0.05, 0.1) is 0 Å². The van der Waals surface area contributed by atoms with Gasteiger partial charge in [0.25, 0.3) is 0 Å². The second-order valence-electron chi connectivity index (χ2n) is 3.82. The fourth-order valence-electron chi connectivity index (χ4n) is 0.631. The van der Waals surface area contributed by atoms with Gasteiger partial charge >= 0.3 is 16.8 Å².